The number of hydrogen-bond donors (Lipinski definition) is 1. The lowest BCUT2D eigenvalue weighted by Crippen LogP contribution is -2.25. The molecule has 3 heteroatoms. The summed E-state index contributed by atoms with van der Waals surface area (Å²) in [6, 6.07) is 6.33. The first kappa shape index (κ1) is 14.7. The highest BCUT2D eigenvalue weighted by atomic mass is 79.9. The lowest BCUT2D eigenvalue weighted by atomic mass is 9.93. The Morgan fingerprint density at radius 1 is 1.41 bits per heavy atom. The topological polar surface area (TPSA) is 35.2 Å². The van der Waals surface area contributed by atoms with Crippen LogP contribution in [0.15, 0.2) is 22.7 Å². The lowest BCUT2D eigenvalue weighted by molar-refractivity contribution is 0.0125. The third kappa shape index (κ3) is 4.41. The molecule has 96 valence electrons. The van der Waals surface area contributed by atoms with Gasteiger partial charge >= 0.3 is 0 Å². The molecule has 0 amide bonds. The second kappa shape index (κ2) is 5.98. The molecule has 0 radical (unpaired) electrons. The third-order valence-corrected chi connectivity index (χ3v) is 3.74. The number of halogens is 1. The van der Waals surface area contributed by atoms with Gasteiger partial charge in [0.15, 0.2) is 0 Å². The number of benzene rings is 1. The molecule has 0 aliphatic heterocycles. The SMILES string of the molecule is COC(C)(C)CCC(N)c1cc(Br)ccc1C. The Morgan fingerprint density at radius 3 is 2.65 bits per heavy atom. The Labute approximate surface area is 113 Å². The normalized spacial score (nSPS) is 13.8. The van der Waals surface area contributed by atoms with E-state index < -0.39 is 0 Å². The molecule has 0 aromatic heterocycles. The Morgan fingerprint density at radius 2 is 2.06 bits per heavy atom. The first-order chi connectivity index (χ1) is 7.85. The monoisotopic (exact) mass is 299 g/mol. The van der Waals surface area contributed by atoms with Gasteiger partial charge in [0.1, 0.15) is 0 Å². The summed E-state index contributed by atoms with van der Waals surface area (Å²) in [5.74, 6) is 0. The highest BCUT2D eigenvalue weighted by Gasteiger charge is 2.19. The van der Waals surface area contributed by atoms with E-state index in [-0.39, 0.29) is 11.6 Å². The molecule has 1 aromatic rings. The average molecular weight is 300 g/mol. The molecule has 1 rings (SSSR count). The maximum Gasteiger partial charge on any atom is 0.0623 e. The van der Waals surface area contributed by atoms with E-state index in [1.807, 2.05) is 6.07 Å². The van der Waals surface area contributed by atoms with E-state index in [0.29, 0.717) is 0 Å². The van der Waals surface area contributed by atoms with Crippen molar-refractivity contribution in [2.24, 2.45) is 5.73 Å². The Kier molecular flexibility index (Phi) is 5.17. The van der Waals surface area contributed by atoms with Crippen molar-refractivity contribution >= 4 is 15.9 Å². The Balaban J connectivity index is 2.70. The van der Waals surface area contributed by atoms with Crippen molar-refractivity contribution in [3.05, 3.63) is 33.8 Å². The van der Waals surface area contributed by atoms with Crippen molar-refractivity contribution in [2.45, 2.75) is 45.3 Å². The molecule has 0 saturated heterocycles. The summed E-state index contributed by atoms with van der Waals surface area (Å²) in [5, 5.41) is 0. The van der Waals surface area contributed by atoms with Gasteiger partial charge < -0.3 is 10.5 Å². The number of methoxy groups -OCH3 is 1. The van der Waals surface area contributed by atoms with E-state index in [0.717, 1.165) is 17.3 Å². The van der Waals surface area contributed by atoms with E-state index in [1.165, 1.54) is 11.1 Å². The molecule has 0 heterocycles. The van der Waals surface area contributed by atoms with E-state index in [4.69, 9.17) is 10.5 Å². The summed E-state index contributed by atoms with van der Waals surface area (Å²) in [7, 11) is 1.75. The first-order valence-electron chi connectivity index (χ1n) is 5.92. The molecule has 1 aromatic carbocycles. The van der Waals surface area contributed by atoms with Crippen molar-refractivity contribution in [1.29, 1.82) is 0 Å². The van der Waals surface area contributed by atoms with Gasteiger partial charge in [-0.1, -0.05) is 22.0 Å². The second-order valence-electron chi connectivity index (χ2n) is 5.11. The van der Waals surface area contributed by atoms with Crippen LogP contribution in [0.25, 0.3) is 0 Å². The molecule has 1 unspecified atom stereocenters. The van der Waals surface area contributed by atoms with Crippen LogP contribution < -0.4 is 5.73 Å². The minimum Gasteiger partial charge on any atom is -0.379 e. The van der Waals surface area contributed by atoms with Crippen molar-refractivity contribution in [3.63, 3.8) is 0 Å². The number of nitrogens with two attached hydrogens (primary N) is 1. The van der Waals surface area contributed by atoms with Crippen LogP contribution >= 0.6 is 15.9 Å². The molecule has 0 bridgehead atoms. The predicted molar refractivity (Wildman–Crippen MR) is 76.1 cm³/mol. The zero-order valence-corrected chi connectivity index (χ0v) is 12.7. The van der Waals surface area contributed by atoms with Crippen molar-refractivity contribution in [2.75, 3.05) is 7.11 Å². The van der Waals surface area contributed by atoms with E-state index >= 15 is 0 Å². The molecular formula is C14H22BrNO. The fraction of sp³-hybridized carbons (Fsp3) is 0.571. The molecule has 0 saturated carbocycles. The molecular weight excluding hydrogens is 278 g/mol. The maximum atomic E-state index is 6.25. The van der Waals surface area contributed by atoms with E-state index in [9.17, 15) is 0 Å². The van der Waals surface area contributed by atoms with Gasteiger partial charge in [0.05, 0.1) is 5.60 Å². The summed E-state index contributed by atoms with van der Waals surface area (Å²) in [5.41, 5.74) is 8.61. The smallest absolute Gasteiger partial charge is 0.0623 e. The van der Waals surface area contributed by atoms with Gasteiger partial charge in [-0.2, -0.15) is 0 Å². The van der Waals surface area contributed by atoms with E-state index in [2.05, 4.69) is 48.8 Å². The van der Waals surface area contributed by atoms with Crippen molar-refractivity contribution < 1.29 is 4.74 Å². The number of ether oxygens (including phenoxy) is 1. The van der Waals surface area contributed by atoms with Crippen molar-refractivity contribution in [3.8, 4) is 0 Å². The molecule has 17 heavy (non-hydrogen) atoms. The number of rotatable bonds is 5. The minimum absolute atomic E-state index is 0.0712. The van der Waals surface area contributed by atoms with Crippen LogP contribution in [0, 0.1) is 6.92 Å². The third-order valence-electron chi connectivity index (χ3n) is 3.25. The molecule has 0 fully saturated rings. The number of aryl methyl sites for hydroxylation is 1. The molecule has 0 spiro atoms. The Bertz CT molecular complexity index is 376. The van der Waals surface area contributed by atoms with Crippen LogP contribution in [0.1, 0.15) is 43.9 Å². The lowest BCUT2D eigenvalue weighted by Gasteiger charge is -2.25. The standard InChI is InChI=1S/C14H22BrNO/c1-10-5-6-11(15)9-12(10)13(16)7-8-14(2,3)17-4/h5-6,9,13H,7-8,16H2,1-4H3. The van der Waals surface area contributed by atoms with Crippen molar-refractivity contribution in [1.82, 2.24) is 0 Å². The summed E-state index contributed by atoms with van der Waals surface area (Å²) in [6.07, 6.45) is 1.88. The fourth-order valence-electron chi connectivity index (χ4n) is 1.77. The molecule has 2 nitrogen and oxygen atoms in total. The number of hydrogen-bond acceptors (Lipinski definition) is 2. The minimum atomic E-state index is -0.0997. The van der Waals surface area contributed by atoms with E-state index in [1.54, 1.807) is 7.11 Å². The van der Waals surface area contributed by atoms with Gasteiger partial charge in [0.2, 0.25) is 0 Å². The van der Waals surface area contributed by atoms with Crippen LogP contribution in [0.4, 0.5) is 0 Å². The fourth-order valence-corrected chi connectivity index (χ4v) is 2.15. The zero-order valence-electron chi connectivity index (χ0n) is 11.1. The maximum absolute atomic E-state index is 6.25. The quantitative estimate of drug-likeness (QED) is 0.893. The van der Waals surface area contributed by atoms with Crippen LogP contribution in [0.3, 0.4) is 0 Å². The van der Waals surface area contributed by atoms with Crippen LogP contribution in [-0.4, -0.2) is 12.7 Å². The summed E-state index contributed by atoms with van der Waals surface area (Å²) in [6.45, 7) is 6.28. The molecule has 0 aliphatic rings. The average Bonchev–Trinajstić information content (AvgIpc) is 2.29. The second-order valence-corrected chi connectivity index (χ2v) is 6.03. The first-order valence-corrected chi connectivity index (χ1v) is 6.72. The largest absolute Gasteiger partial charge is 0.379 e. The summed E-state index contributed by atoms with van der Waals surface area (Å²) >= 11 is 3.49. The van der Waals surface area contributed by atoms with Crippen LogP contribution in [-0.2, 0) is 4.74 Å². The van der Waals surface area contributed by atoms with Gasteiger partial charge in [-0.15, -0.1) is 0 Å². The van der Waals surface area contributed by atoms with Crippen LogP contribution in [0.5, 0.6) is 0 Å². The highest BCUT2D eigenvalue weighted by Crippen LogP contribution is 2.26. The molecule has 2 N–H and O–H groups in total. The van der Waals surface area contributed by atoms with Gasteiger partial charge in [-0.3, -0.25) is 0 Å². The molecule has 1 atom stereocenters. The van der Waals surface area contributed by atoms with Gasteiger partial charge in [-0.25, -0.2) is 0 Å². The van der Waals surface area contributed by atoms with Gasteiger partial charge in [0.25, 0.3) is 0 Å². The Hall–Kier alpha value is -0.380. The van der Waals surface area contributed by atoms with Gasteiger partial charge in [0, 0.05) is 17.6 Å². The summed E-state index contributed by atoms with van der Waals surface area (Å²) < 4.78 is 6.50. The highest BCUT2D eigenvalue weighted by molar-refractivity contribution is 9.10. The summed E-state index contributed by atoms with van der Waals surface area (Å²) in [4.78, 5) is 0. The predicted octanol–water partition coefficient (Wildman–Crippen LogP) is 3.96. The molecule has 0 aliphatic carbocycles. The van der Waals surface area contributed by atoms with Gasteiger partial charge in [-0.05, 0) is 56.9 Å². The zero-order chi connectivity index (χ0) is 13.1. The van der Waals surface area contributed by atoms with Crippen LogP contribution in [0.2, 0.25) is 0 Å².